The van der Waals surface area contributed by atoms with Crippen LogP contribution in [0.5, 0.6) is 5.75 Å². The van der Waals surface area contributed by atoms with Gasteiger partial charge in [-0.25, -0.2) is 4.39 Å². The summed E-state index contributed by atoms with van der Waals surface area (Å²) in [5.74, 6) is 0.0853. The number of benzene rings is 3. The van der Waals surface area contributed by atoms with Gasteiger partial charge in [-0.05, 0) is 29.0 Å². The fourth-order valence-corrected chi connectivity index (χ4v) is 2.54. The summed E-state index contributed by atoms with van der Waals surface area (Å²) in [4.78, 5) is 11.4. The first-order valence-electron chi connectivity index (χ1n) is 6.72. The molecule has 3 aromatic carbocycles. The summed E-state index contributed by atoms with van der Waals surface area (Å²) in [6, 6.07) is 15.4. The second-order valence-corrected chi connectivity index (χ2v) is 5.25. The molecule has 0 radical (unpaired) electrons. The zero-order valence-electron chi connectivity index (χ0n) is 11.6. The number of carbonyl (C=O) groups excluding carboxylic acids is 1. The van der Waals surface area contributed by atoms with Crippen molar-refractivity contribution in [2.45, 2.75) is 6.61 Å². The van der Waals surface area contributed by atoms with Crippen LogP contribution < -0.4 is 4.74 Å². The van der Waals surface area contributed by atoms with Gasteiger partial charge in [-0.3, -0.25) is 4.79 Å². The molecule has 0 aliphatic rings. The Morgan fingerprint density at radius 2 is 1.91 bits per heavy atom. The van der Waals surface area contributed by atoms with Crippen molar-refractivity contribution < 1.29 is 13.9 Å². The molecule has 3 rings (SSSR count). The lowest BCUT2D eigenvalue weighted by Crippen LogP contribution is -2.00. The Balaban J connectivity index is 1.92. The average Bonchev–Trinajstić information content (AvgIpc) is 2.53. The zero-order valence-corrected chi connectivity index (χ0v) is 12.3. The van der Waals surface area contributed by atoms with Gasteiger partial charge in [0.25, 0.3) is 0 Å². The lowest BCUT2D eigenvalue weighted by Gasteiger charge is -2.11. The molecule has 0 amide bonds. The molecule has 0 heterocycles. The van der Waals surface area contributed by atoms with Crippen LogP contribution in [-0.4, -0.2) is 6.29 Å². The molecule has 0 fully saturated rings. The third-order valence-corrected chi connectivity index (χ3v) is 3.80. The number of ether oxygens (including phenoxy) is 1. The summed E-state index contributed by atoms with van der Waals surface area (Å²) in [5.41, 5.74) is 1.16. The van der Waals surface area contributed by atoms with Crippen molar-refractivity contribution in [2.24, 2.45) is 0 Å². The van der Waals surface area contributed by atoms with E-state index in [0.717, 1.165) is 17.1 Å². The minimum Gasteiger partial charge on any atom is -0.488 e. The fraction of sp³-hybridized carbons (Fsp3) is 0.0556. The molecular weight excluding hydrogens is 303 g/mol. The van der Waals surface area contributed by atoms with Gasteiger partial charge in [0.2, 0.25) is 0 Å². The van der Waals surface area contributed by atoms with Gasteiger partial charge in [-0.2, -0.15) is 0 Å². The van der Waals surface area contributed by atoms with Crippen LogP contribution in [0.1, 0.15) is 15.9 Å². The van der Waals surface area contributed by atoms with Crippen LogP contribution in [0.4, 0.5) is 4.39 Å². The molecule has 0 saturated heterocycles. The van der Waals surface area contributed by atoms with Gasteiger partial charge in [-0.1, -0.05) is 48.0 Å². The van der Waals surface area contributed by atoms with Crippen molar-refractivity contribution in [3.05, 3.63) is 76.6 Å². The van der Waals surface area contributed by atoms with E-state index in [1.807, 2.05) is 30.3 Å². The molecule has 3 aromatic rings. The maximum Gasteiger partial charge on any atom is 0.154 e. The molecule has 4 heteroatoms. The number of aldehydes is 1. The zero-order chi connectivity index (χ0) is 15.5. The topological polar surface area (TPSA) is 26.3 Å². The van der Waals surface area contributed by atoms with E-state index in [1.54, 1.807) is 12.1 Å². The van der Waals surface area contributed by atoms with E-state index in [1.165, 1.54) is 12.1 Å². The van der Waals surface area contributed by atoms with E-state index in [4.69, 9.17) is 16.3 Å². The lowest BCUT2D eigenvalue weighted by atomic mass is 10.0. The highest BCUT2D eigenvalue weighted by Gasteiger charge is 2.09. The summed E-state index contributed by atoms with van der Waals surface area (Å²) in [6.07, 6.45) is 0.782. The van der Waals surface area contributed by atoms with E-state index >= 15 is 0 Å². The minimum atomic E-state index is -0.395. The maximum atomic E-state index is 13.0. The number of hydrogen-bond acceptors (Lipinski definition) is 2. The van der Waals surface area contributed by atoms with Crippen molar-refractivity contribution in [3.8, 4) is 5.75 Å². The largest absolute Gasteiger partial charge is 0.488 e. The molecule has 0 aliphatic carbocycles. The Morgan fingerprint density at radius 1 is 1.09 bits per heavy atom. The molecule has 0 atom stereocenters. The van der Waals surface area contributed by atoms with E-state index in [0.29, 0.717) is 21.9 Å². The van der Waals surface area contributed by atoms with Crippen LogP contribution in [-0.2, 0) is 6.61 Å². The number of halogens is 2. The molecule has 22 heavy (non-hydrogen) atoms. The summed E-state index contributed by atoms with van der Waals surface area (Å²) in [6.45, 7) is 0.165. The standard InChI is InChI=1S/C18H12ClFO2/c19-17-9-14(20)7-5-13(17)11-22-18-8-6-12-3-1-2-4-15(12)16(18)10-21/h1-10H,11H2. The Kier molecular flexibility index (Phi) is 4.07. The monoisotopic (exact) mass is 314 g/mol. The maximum absolute atomic E-state index is 13.0. The highest BCUT2D eigenvalue weighted by Crippen LogP contribution is 2.28. The molecule has 0 unspecified atom stereocenters. The van der Waals surface area contributed by atoms with E-state index in [9.17, 15) is 9.18 Å². The van der Waals surface area contributed by atoms with E-state index in [-0.39, 0.29) is 6.61 Å². The Bertz CT molecular complexity index is 846. The van der Waals surface area contributed by atoms with Crippen LogP contribution >= 0.6 is 11.6 Å². The highest BCUT2D eigenvalue weighted by molar-refractivity contribution is 6.31. The first-order valence-corrected chi connectivity index (χ1v) is 7.10. The molecule has 110 valence electrons. The van der Waals surface area contributed by atoms with Gasteiger partial charge < -0.3 is 4.74 Å². The number of fused-ring (bicyclic) bond motifs is 1. The van der Waals surface area contributed by atoms with Crippen LogP contribution in [0, 0.1) is 5.82 Å². The summed E-state index contributed by atoms with van der Waals surface area (Å²) in [7, 11) is 0. The third-order valence-electron chi connectivity index (χ3n) is 3.45. The highest BCUT2D eigenvalue weighted by atomic mass is 35.5. The van der Waals surface area contributed by atoms with E-state index < -0.39 is 5.82 Å². The first-order chi connectivity index (χ1) is 10.7. The van der Waals surface area contributed by atoms with Gasteiger partial charge in [0.1, 0.15) is 18.2 Å². The van der Waals surface area contributed by atoms with Gasteiger partial charge in [0.05, 0.1) is 10.6 Å². The van der Waals surface area contributed by atoms with Crippen molar-refractivity contribution in [1.82, 2.24) is 0 Å². The molecule has 2 nitrogen and oxygen atoms in total. The second kappa shape index (κ2) is 6.16. The SMILES string of the molecule is O=Cc1c(OCc2ccc(F)cc2Cl)ccc2ccccc12. The molecular formula is C18H12ClFO2. The normalized spacial score (nSPS) is 10.6. The minimum absolute atomic E-state index is 0.165. The lowest BCUT2D eigenvalue weighted by molar-refractivity contribution is 0.112. The van der Waals surface area contributed by atoms with Gasteiger partial charge in [0, 0.05) is 5.56 Å². The molecule has 0 bridgehead atoms. The predicted octanol–water partition coefficient (Wildman–Crippen LogP) is 5.02. The van der Waals surface area contributed by atoms with Gasteiger partial charge in [-0.15, -0.1) is 0 Å². The molecule has 0 aliphatic heterocycles. The van der Waals surface area contributed by atoms with Gasteiger partial charge >= 0.3 is 0 Å². The average molecular weight is 315 g/mol. The second-order valence-electron chi connectivity index (χ2n) is 4.84. The fourth-order valence-electron chi connectivity index (χ4n) is 2.32. The predicted molar refractivity (Wildman–Crippen MR) is 85.1 cm³/mol. The van der Waals surface area contributed by atoms with Crippen LogP contribution in [0.15, 0.2) is 54.6 Å². The molecule has 0 saturated carbocycles. The van der Waals surface area contributed by atoms with Gasteiger partial charge in [0.15, 0.2) is 6.29 Å². The van der Waals surface area contributed by atoms with Crippen LogP contribution in [0.25, 0.3) is 10.8 Å². The Hall–Kier alpha value is -2.39. The Morgan fingerprint density at radius 3 is 2.68 bits per heavy atom. The molecule has 0 N–H and O–H groups in total. The van der Waals surface area contributed by atoms with E-state index in [2.05, 4.69) is 0 Å². The molecule has 0 spiro atoms. The summed E-state index contributed by atoms with van der Waals surface area (Å²) in [5, 5.41) is 2.10. The number of hydrogen-bond donors (Lipinski definition) is 0. The van der Waals surface area contributed by atoms with Crippen molar-refractivity contribution in [1.29, 1.82) is 0 Å². The quantitative estimate of drug-likeness (QED) is 0.632. The first kappa shape index (κ1) is 14.5. The van der Waals surface area contributed by atoms with Crippen molar-refractivity contribution in [3.63, 3.8) is 0 Å². The molecule has 0 aromatic heterocycles. The Labute approximate surface area is 132 Å². The van der Waals surface area contributed by atoms with Crippen molar-refractivity contribution >= 4 is 28.7 Å². The van der Waals surface area contributed by atoms with Crippen LogP contribution in [0.3, 0.4) is 0 Å². The smallest absolute Gasteiger partial charge is 0.154 e. The summed E-state index contributed by atoms with van der Waals surface area (Å²) >= 11 is 5.97. The number of rotatable bonds is 4. The third kappa shape index (κ3) is 2.81. The summed E-state index contributed by atoms with van der Waals surface area (Å²) < 4.78 is 18.7. The number of carbonyl (C=O) groups is 1. The van der Waals surface area contributed by atoms with Crippen LogP contribution in [0.2, 0.25) is 5.02 Å². The van der Waals surface area contributed by atoms with Crippen molar-refractivity contribution in [2.75, 3.05) is 0 Å².